The highest BCUT2D eigenvalue weighted by atomic mass is 32.2. The minimum atomic E-state index is -3.31. The van der Waals surface area contributed by atoms with Crippen LogP contribution in [0.25, 0.3) is 5.69 Å². The summed E-state index contributed by atoms with van der Waals surface area (Å²) in [6.07, 6.45) is 5.93. The van der Waals surface area contributed by atoms with Crippen molar-refractivity contribution in [3.05, 3.63) is 42.0 Å². The third kappa shape index (κ3) is 4.37. The first-order valence-electron chi connectivity index (χ1n) is 9.49. The first-order valence-corrected chi connectivity index (χ1v) is 11.0. The Bertz CT molecular complexity index is 942. The first kappa shape index (κ1) is 19.4. The summed E-state index contributed by atoms with van der Waals surface area (Å²) in [6, 6.07) is 4.28. The van der Waals surface area contributed by atoms with Crippen LogP contribution in [-0.2, 0) is 14.8 Å². The Morgan fingerprint density at radius 1 is 1.36 bits per heavy atom. The Morgan fingerprint density at radius 2 is 2.18 bits per heavy atom. The lowest BCUT2D eigenvalue weighted by Gasteiger charge is -2.32. The van der Waals surface area contributed by atoms with Crippen molar-refractivity contribution in [1.82, 2.24) is 14.5 Å². The van der Waals surface area contributed by atoms with E-state index in [0.29, 0.717) is 31.6 Å². The van der Waals surface area contributed by atoms with Gasteiger partial charge in [0, 0.05) is 18.9 Å². The molecule has 2 aliphatic rings. The van der Waals surface area contributed by atoms with Gasteiger partial charge in [-0.05, 0) is 50.3 Å². The lowest BCUT2D eigenvalue weighted by atomic mass is 10.0. The van der Waals surface area contributed by atoms with E-state index in [9.17, 15) is 12.8 Å². The summed E-state index contributed by atoms with van der Waals surface area (Å²) in [4.78, 5) is 0. The molecule has 1 aromatic carbocycles. The zero-order valence-electron chi connectivity index (χ0n) is 15.7. The lowest BCUT2D eigenvalue weighted by molar-refractivity contribution is -0.0285. The zero-order chi connectivity index (χ0) is 19.7. The molecule has 1 aliphatic heterocycles. The number of hydrogen-bond acceptors (Lipinski definition) is 5. The van der Waals surface area contributed by atoms with Gasteiger partial charge in [0.05, 0.1) is 23.2 Å². The van der Waals surface area contributed by atoms with Gasteiger partial charge < -0.3 is 9.47 Å². The molecule has 9 heteroatoms. The van der Waals surface area contributed by atoms with Crippen LogP contribution in [0.2, 0.25) is 0 Å². The average molecular weight is 409 g/mol. The fourth-order valence-electron chi connectivity index (χ4n) is 3.30. The van der Waals surface area contributed by atoms with Gasteiger partial charge in [-0.3, -0.25) is 0 Å². The second-order valence-corrected chi connectivity index (χ2v) is 9.40. The molecule has 1 aromatic heterocycles. The maximum atomic E-state index is 14.5. The summed E-state index contributed by atoms with van der Waals surface area (Å²) in [5, 5.41) is 3.88. The number of aromatic nitrogens is 2. The fraction of sp³-hybridized carbons (Fsp3) is 0.526. The van der Waals surface area contributed by atoms with Crippen molar-refractivity contribution in [1.29, 1.82) is 0 Å². The average Bonchev–Trinajstić information content (AvgIpc) is 3.44. The predicted molar refractivity (Wildman–Crippen MR) is 102 cm³/mol. The summed E-state index contributed by atoms with van der Waals surface area (Å²) in [5.74, 6) is -0.401. The summed E-state index contributed by atoms with van der Waals surface area (Å²) < 4.78 is 54.6. The molecule has 1 saturated heterocycles. The van der Waals surface area contributed by atoms with E-state index >= 15 is 0 Å². The van der Waals surface area contributed by atoms with Crippen LogP contribution in [-0.4, -0.2) is 48.8 Å². The van der Waals surface area contributed by atoms with Gasteiger partial charge in [-0.15, -0.1) is 0 Å². The molecule has 0 bridgehead atoms. The Balaban J connectivity index is 1.41. The number of halogens is 1. The van der Waals surface area contributed by atoms with E-state index in [1.54, 1.807) is 23.0 Å². The number of hydrogen-bond donors (Lipinski definition) is 1. The number of benzene rings is 1. The summed E-state index contributed by atoms with van der Waals surface area (Å²) >= 11 is 0. The molecule has 1 N–H and O–H groups in total. The summed E-state index contributed by atoms with van der Waals surface area (Å²) in [6.45, 7) is 2.53. The van der Waals surface area contributed by atoms with Gasteiger partial charge in [0.2, 0.25) is 10.0 Å². The quantitative estimate of drug-likeness (QED) is 0.759. The maximum absolute atomic E-state index is 14.5. The molecule has 152 valence electrons. The molecule has 4 rings (SSSR count). The van der Waals surface area contributed by atoms with Crippen LogP contribution < -0.4 is 9.46 Å². The Kier molecular flexibility index (Phi) is 5.39. The van der Waals surface area contributed by atoms with Crippen LogP contribution >= 0.6 is 0 Å². The van der Waals surface area contributed by atoms with Crippen molar-refractivity contribution >= 4 is 10.0 Å². The van der Waals surface area contributed by atoms with Crippen molar-refractivity contribution in [2.75, 3.05) is 13.2 Å². The molecule has 0 unspecified atom stereocenters. The molecule has 0 radical (unpaired) electrons. The van der Waals surface area contributed by atoms with Gasteiger partial charge in [-0.2, -0.15) is 5.10 Å². The van der Waals surface area contributed by atoms with E-state index in [2.05, 4.69) is 9.82 Å². The highest BCUT2D eigenvalue weighted by molar-refractivity contribution is 7.90. The second-order valence-electron chi connectivity index (χ2n) is 7.41. The Hall–Kier alpha value is -1.97. The summed E-state index contributed by atoms with van der Waals surface area (Å²) in [5.41, 5.74) is 1.58. The topological polar surface area (TPSA) is 82.4 Å². The molecule has 7 nitrogen and oxygen atoms in total. The maximum Gasteiger partial charge on any atom is 0.214 e. The third-order valence-electron chi connectivity index (χ3n) is 5.01. The molecule has 2 atom stereocenters. The number of nitrogens with zero attached hydrogens (tertiary/aromatic N) is 2. The largest absolute Gasteiger partial charge is 0.488 e. The predicted octanol–water partition coefficient (Wildman–Crippen LogP) is 2.33. The van der Waals surface area contributed by atoms with E-state index in [1.807, 2.05) is 13.1 Å². The van der Waals surface area contributed by atoms with Crippen LogP contribution in [0.3, 0.4) is 0 Å². The Labute approximate surface area is 163 Å². The van der Waals surface area contributed by atoms with E-state index in [4.69, 9.17) is 9.47 Å². The highest BCUT2D eigenvalue weighted by Crippen LogP contribution is 2.29. The minimum Gasteiger partial charge on any atom is -0.488 e. The fourth-order valence-corrected chi connectivity index (χ4v) is 4.94. The molecule has 28 heavy (non-hydrogen) atoms. The molecular weight excluding hydrogens is 385 g/mol. The SMILES string of the molecule is Cc1cnn(-c2ccc(OC[C@H]3OCCC[C@@H]3NS(=O)(=O)C3CC3)c(F)c2)c1. The van der Waals surface area contributed by atoms with Crippen LogP contribution in [0.1, 0.15) is 31.2 Å². The van der Waals surface area contributed by atoms with Gasteiger partial charge in [-0.25, -0.2) is 22.2 Å². The van der Waals surface area contributed by atoms with Crippen LogP contribution in [0.5, 0.6) is 5.75 Å². The second kappa shape index (κ2) is 7.81. The van der Waals surface area contributed by atoms with Gasteiger partial charge in [0.15, 0.2) is 11.6 Å². The van der Waals surface area contributed by atoms with E-state index in [0.717, 1.165) is 12.0 Å². The minimum absolute atomic E-state index is 0.0784. The van der Waals surface area contributed by atoms with Crippen molar-refractivity contribution in [2.24, 2.45) is 0 Å². The number of ether oxygens (including phenoxy) is 2. The van der Waals surface area contributed by atoms with Crippen molar-refractivity contribution in [3.8, 4) is 11.4 Å². The summed E-state index contributed by atoms with van der Waals surface area (Å²) in [7, 11) is -3.31. The molecule has 2 heterocycles. The Morgan fingerprint density at radius 3 is 2.86 bits per heavy atom. The van der Waals surface area contributed by atoms with Crippen LogP contribution in [0.15, 0.2) is 30.6 Å². The van der Waals surface area contributed by atoms with Gasteiger partial charge in [0.25, 0.3) is 0 Å². The molecule has 0 spiro atoms. The van der Waals surface area contributed by atoms with Gasteiger partial charge >= 0.3 is 0 Å². The number of sulfonamides is 1. The van der Waals surface area contributed by atoms with E-state index in [-0.39, 0.29) is 23.6 Å². The van der Waals surface area contributed by atoms with Crippen molar-refractivity contribution in [3.63, 3.8) is 0 Å². The third-order valence-corrected chi connectivity index (χ3v) is 6.99. The van der Waals surface area contributed by atoms with Crippen LogP contribution in [0.4, 0.5) is 4.39 Å². The molecule has 1 aliphatic carbocycles. The number of aryl methyl sites for hydroxylation is 1. The molecule has 2 aromatic rings. The van der Waals surface area contributed by atoms with Crippen molar-refractivity contribution < 1.29 is 22.3 Å². The van der Waals surface area contributed by atoms with Gasteiger partial charge in [0.1, 0.15) is 12.7 Å². The monoisotopic (exact) mass is 409 g/mol. The number of rotatable bonds is 7. The van der Waals surface area contributed by atoms with E-state index < -0.39 is 21.9 Å². The molecule has 0 amide bonds. The van der Waals surface area contributed by atoms with Crippen molar-refractivity contribution in [2.45, 2.75) is 50.0 Å². The van der Waals surface area contributed by atoms with E-state index in [1.165, 1.54) is 6.07 Å². The number of nitrogens with one attached hydrogen (secondary N) is 1. The molecule has 2 fully saturated rings. The highest BCUT2D eigenvalue weighted by Gasteiger charge is 2.39. The zero-order valence-corrected chi connectivity index (χ0v) is 16.5. The normalized spacial score (nSPS) is 22.9. The van der Waals surface area contributed by atoms with Gasteiger partial charge in [-0.1, -0.05) is 0 Å². The smallest absolute Gasteiger partial charge is 0.214 e. The first-order chi connectivity index (χ1) is 13.4. The molecular formula is C19H24FN3O4S. The van der Waals surface area contributed by atoms with Crippen LogP contribution in [0, 0.1) is 12.7 Å². The molecule has 1 saturated carbocycles. The standard InChI is InChI=1S/C19H24FN3O4S/c1-13-10-21-23(11-13)14-4-7-18(16(20)9-14)27-12-19-17(3-2-8-26-19)22-28(24,25)15-5-6-15/h4,7,9-11,15,17,19,22H,2-3,5-6,8,12H2,1H3/t17-,19+/m0/s1. The lowest BCUT2D eigenvalue weighted by Crippen LogP contribution is -2.50.